The number of nitro benzene ring substituents is 1. The average molecular weight is 336 g/mol. The number of nitro groups is 1. The van der Waals surface area contributed by atoms with Gasteiger partial charge < -0.3 is 9.47 Å². The minimum Gasteiger partial charge on any atom is -0.493 e. The summed E-state index contributed by atoms with van der Waals surface area (Å²) < 4.78 is 10.8. The average Bonchev–Trinajstić information content (AvgIpc) is 2.64. The summed E-state index contributed by atoms with van der Waals surface area (Å²) in [6.45, 7) is 3.96. The number of methoxy groups -OCH3 is 1. The molecule has 0 N–H and O–H groups in total. The van der Waals surface area contributed by atoms with Crippen LogP contribution in [0.15, 0.2) is 55.1 Å². The van der Waals surface area contributed by atoms with E-state index in [-0.39, 0.29) is 5.69 Å². The van der Waals surface area contributed by atoms with Gasteiger partial charge in [0.15, 0.2) is 11.5 Å². The highest BCUT2D eigenvalue weighted by molar-refractivity contribution is 5.90. The summed E-state index contributed by atoms with van der Waals surface area (Å²) in [7, 11) is 1.53. The summed E-state index contributed by atoms with van der Waals surface area (Å²) in [5, 5.41) is 20.1. The molecule has 0 aliphatic carbocycles. The van der Waals surface area contributed by atoms with E-state index in [0.29, 0.717) is 29.2 Å². The largest absolute Gasteiger partial charge is 0.493 e. The van der Waals surface area contributed by atoms with Crippen LogP contribution in [0.2, 0.25) is 0 Å². The third-order valence-corrected chi connectivity index (χ3v) is 3.36. The van der Waals surface area contributed by atoms with Gasteiger partial charge in [-0.1, -0.05) is 18.7 Å². The molecule has 0 heterocycles. The highest BCUT2D eigenvalue weighted by atomic mass is 16.6. The number of allylic oxidation sites excluding steroid dienone is 1. The van der Waals surface area contributed by atoms with Gasteiger partial charge in [-0.25, -0.2) is 0 Å². The predicted octanol–water partition coefficient (Wildman–Crippen LogP) is 4.23. The normalized spacial score (nSPS) is 10.6. The lowest BCUT2D eigenvalue weighted by molar-refractivity contribution is -0.384. The van der Waals surface area contributed by atoms with Crippen molar-refractivity contribution in [2.45, 2.75) is 0 Å². The molecule has 0 aromatic heterocycles. The molecular formula is C19H16N2O4. The van der Waals surface area contributed by atoms with Crippen molar-refractivity contribution in [1.29, 1.82) is 5.26 Å². The Morgan fingerprint density at radius 1 is 1.28 bits per heavy atom. The zero-order valence-corrected chi connectivity index (χ0v) is 13.6. The predicted molar refractivity (Wildman–Crippen MR) is 95.3 cm³/mol. The monoisotopic (exact) mass is 336 g/mol. The van der Waals surface area contributed by atoms with E-state index in [4.69, 9.17) is 9.47 Å². The van der Waals surface area contributed by atoms with Crippen LogP contribution in [-0.2, 0) is 0 Å². The first-order valence-electron chi connectivity index (χ1n) is 7.37. The maximum atomic E-state index is 10.7. The SMILES string of the molecule is C=CCOc1ccc(/C=C(\C#N)c2ccc([N+](=O)[O-])cc2)cc1OC. The number of benzene rings is 2. The topological polar surface area (TPSA) is 85.4 Å². The fourth-order valence-electron chi connectivity index (χ4n) is 2.15. The van der Waals surface area contributed by atoms with Crippen molar-refractivity contribution in [3.8, 4) is 17.6 Å². The van der Waals surface area contributed by atoms with E-state index < -0.39 is 4.92 Å². The number of ether oxygens (including phenoxy) is 2. The molecule has 0 spiro atoms. The fraction of sp³-hybridized carbons (Fsp3) is 0.105. The Bertz CT molecular complexity index is 849. The fourth-order valence-corrected chi connectivity index (χ4v) is 2.15. The molecular weight excluding hydrogens is 320 g/mol. The summed E-state index contributed by atoms with van der Waals surface area (Å²) >= 11 is 0. The van der Waals surface area contributed by atoms with Crippen LogP contribution in [0, 0.1) is 21.4 Å². The molecule has 0 saturated heterocycles. The molecule has 0 unspecified atom stereocenters. The minimum atomic E-state index is -0.480. The molecule has 6 nitrogen and oxygen atoms in total. The van der Waals surface area contributed by atoms with Gasteiger partial charge in [0.2, 0.25) is 0 Å². The Morgan fingerprint density at radius 2 is 2.00 bits per heavy atom. The summed E-state index contributed by atoms with van der Waals surface area (Å²) in [5.74, 6) is 1.12. The first-order valence-corrected chi connectivity index (χ1v) is 7.37. The van der Waals surface area contributed by atoms with Crippen molar-refractivity contribution in [2.24, 2.45) is 0 Å². The molecule has 25 heavy (non-hydrogen) atoms. The molecule has 0 atom stereocenters. The van der Waals surface area contributed by atoms with Gasteiger partial charge in [0.05, 0.1) is 23.7 Å². The van der Waals surface area contributed by atoms with E-state index in [9.17, 15) is 15.4 Å². The second-order valence-electron chi connectivity index (χ2n) is 4.98. The molecule has 126 valence electrons. The first kappa shape index (κ1) is 17.8. The molecule has 2 rings (SSSR count). The van der Waals surface area contributed by atoms with Gasteiger partial charge in [0.1, 0.15) is 6.61 Å². The van der Waals surface area contributed by atoms with Gasteiger partial charge in [-0.3, -0.25) is 10.1 Å². The zero-order valence-electron chi connectivity index (χ0n) is 13.6. The third-order valence-electron chi connectivity index (χ3n) is 3.36. The molecule has 0 amide bonds. The van der Waals surface area contributed by atoms with E-state index in [1.165, 1.54) is 19.2 Å². The van der Waals surface area contributed by atoms with Crippen LogP contribution in [0.3, 0.4) is 0 Å². The van der Waals surface area contributed by atoms with Crippen molar-refractivity contribution >= 4 is 17.3 Å². The molecule has 2 aromatic rings. The summed E-state index contributed by atoms with van der Waals surface area (Å²) in [6, 6.07) is 13.2. The van der Waals surface area contributed by atoms with Crippen LogP contribution >= 0.6 is 0 Å². The first-order chi connectivity index (χ1) is 12.1. The summed E-state index contributed by atoms with van der Waals surface area (Å²) in [6.07, 6.45) is 3.32. The number of hydrogen-bond acceptors (Lipinski definition) is 5. The molecule has 2 aromatic carbocycles. The molecule has 0 radical (unpaired) electrons. The van der Waals surface area contributed by atoms with Gasteiger partial charge in [-0.05, 0) is 41.5 Å². The van der Waals surface area contributed by atoms with E-state index in [1.54, 1.807) is 42.5 Å². The third kappa shape index (κ3) is 4.45. The van der Waals surface area contributed by atoms with Crippen LogP contribution in [0.1, 0.15) is 11.1 Å². The maximum Gasteiger partial charge on any atom is 0.269 e. The number of hydrogen-bond donors (Lipinski definition) is 0. The van der Waals surface area contributed by atoms with Crippen molar-refractivity contribution in [2.75, 3.05) is 13.7 Å². The van der Waals surface area contributed by atoms with Crippen LogP contribution in [0.25, 0.3) is 11.6 Å². The van der Waals surface area contributed by atoms with Crippen LogP contribution in [-0.4, -0.2) is 18.6 Å². The standard InChI is InChI=1S/C19H16N2O4/c1-3-10-25-18-9-4-14(12-19(18)24-2)11-16(13-20)15-5-7-17(8-6-15)21(22)23/h3-9,11-12H,1,10H2,2H3/b16-11+. The van der Waals surface area contributed by atoms with E-state index in [0.717, 1.165) is 5.56 Å². The van der Waals surface area contributed by atoms with Gasteiger partial charge in [-0.2, -0.15) is 5.26 Å². The Balaban J connectivity index is 2.34. The quantitative estimate of drug-likeness (QED) is 0.248. The Morgan fingerprint density at radius 3 is 2.56 bits per heavy atom. The highest BCUT2D eigenvalue weighted by Crippen LogP contribution is 2.30. The summed E-state index contributed by atoms with van der Waals surface area (Å²) in [4.78, 5) is 10.2. The Kier molecular flexibility index (Phi) is 5.91. The van der Waals surface area contributed by atoms with Gasteiger partial charge in [0.25, 0.3) is 5.69 Å². The zero-order chi connectivity index (χ0) is 18.2. The number of rotatable bonds is 7. The number of nitrogens with zero attached hydrogens (tertiary/aromatic N) is 2. The lowest BCUT2D eigenvalue weighted by Crippen LogP contribution is -1.96. The highest BCUT2D eigenvalue weighted by Gasteiger charge is 2.08. The van der Waals surface area contributed by atoms with Crippen LogP contribution in [0.5, 0.6) is 11.5 Å². The van der Waals surface area contributed by atoms with Gasteiger partial charge in [0, 0.05) is 12.1 Å². The molecule has 0 aliphatic heterocycles. The number of non-ortho nitro benzene ring substituents is 1. The lowest BCUT2D eigenvalue weighted by Gasteiger charge is -2.10. The molecule has 0 saturated carbocycles. The van der Waals surface area contributed by atoms with Gasteiger partial charge in [-0.15, -0.1) is 0 Å². The molecule has 0 aliphatic rings. The maximum absolute atomic E-state index is 10.7. The van der Waals surface area contributed by atoms with E-state index in [2.05, 4.69) is 12.6 Å². The van der Waals surface area contributed by atoms with Crippen molar-refractivity contribution < 1.29 is 14.4 Å². The smallest absolute Gasteiger partial charge is 0.269 e. The Hall–Kier alpha value is -3.59. The van der Waals surface area contributed by atoms with Crippen LogP contribution in [0.4, 0.5) is 5.69 Å². The van der Waals surface area contributed by atoms with Gasteiger partial charge >= 0.3 is 0 Å². The Labute approximate surface area is 145 Å². The number of nitriles is 1. The second kappa shape index (κ2) is 8.31. The van der Waals surface area contributed by atoms with Crippen molar-refractivity contribution in [1.82, 2.24) is 0 Å². The van der Waals surface area contributed by atoms with Crippen molar-refractivity contribution in [3.63, 3.8) is 0 Å². The lowest BCUT2D eigenvalue weighted by atomic mass is 10.0. The molecule has 6 heteroatoms. The van der Waals surface area contributed by atoms with Crippen LogP contribution < -0.4 is 9.47 Å². The van der Waals surface area contributed by atoms with E-state index in [1.807, 2.05) is 0 Å². The second-order valence-corrected chi connectivity index (χ2v) is 4.98. The molecule has 0 fully saturated rings. The summed E-state index contributed by atoms with van der Waals surface area (Å²) in [5.41, 5.74) is 1.71. The molecule has 0 bridgehead atoms. The minimum absolute atomic E-state index is 0.0218. The van der Waals surface area contributed by atoms with E-state index >= 15 is 0 Å². The van der Waals surface area contributed by atoms with Crippen molar-refractivity contribution in [3.05, 3.63) is 76.4 Å².